The summed E-state index contributed by atoms with van der Waals surface area (Å²) < 4.78 is 220. The van der Waals surface area contributed by atoms with Gasteiger partial charge in [0.25, 0.3) is 0 Å². The number of halogens is 16. The predicted molar refractivity (Wildman–Crippen MR) is 47.9 cm³/mol. The summed E-state index contributed by atoms with van der Waals surface area (Å²) in [4.78, 5) is 0. The lowest BCUT2D eigenvalue weighted by Gasteiger charge is -2.38. The molecule has 0 aromatic carbocycles. The van der Waals surface area contributed by atoms with Gasteiger partial charge in [-0.3, -0.25) is 4.74 Å². The fourth-order valence-corrected chi connectivity index (χ4v) is 1.27. The monoisotopic (exact) mass is 484 g/mol. The number of ether oxygens (including phenoxy) is 2. The molecule has 170 valence electrons. The Morgan fingerprint density at radius 1 is 0.500 bits per heavy atom. The quantitative estimate of drug-likeness (QED) is 0.395. The molecule has 0 aromatic rings. The van der Waals surface area contributed by atoms with Gasteiger partial charge in [0.05, 0.1) is 0 Å². The second kappa shape index (κ2) is 6.64. The molecular weight excluding hydrogens is 484 g/mol. The summed E-state index contributed by atoms with van der Waals surface area (Å²) in [6.07, 6.45) is -38.2. The maximum atomic E-state index is 13.4. The largest absolute Gasteiger partial charge is 0.483 e. The van der Waals surface area contributed by atoms with Gasteiger partial charge in [0, 0.05) is 0 Å². The molecular formula is C7F16O4S. The topological polar surface area (TPSA) is 52.6 Å². The van der Waals surface area contributed by atoms with Crippen molar-refractivity contribution in [2.24, 2.45) is 0 Å². The van der Waals surface area contributed by atoms with Crippen molar-refractivity contribution in [1.29, 1.82) is 0 Å². The minimum Gasteiger partial charge on any atom is -0.262 e. The lowest BCUT2D eigenvalue weighted by atomic mass is 10.2. The predicted octanol–water partition coefficient (Wildman–Crippen LogP) is 4.48. The smallest absolute Gasteiger partial charge is 0.262 e. The third kappa shape index (κ3) is 4.49. The summed E-state index contributed by atoms with van der Waals surface area (Å²) in [7, 11) is -8.04. The van der Waals surface area contributed by atoms with Crippen molar-refractivity contribution in [2.45, 2.75) is 41.8 Å². The maximum Gasteiger partial charge on any atom is 0.483 e. The van der Waals surface area contributed by atoms with Crippen molar-refractivity contribution < 1.29 is 87.6 Å². The van der Waals surface area contributed by atoms with Crippen molar-refractivity contribution in [3.63, 3.8) is 0 Å². The molecule has 0 bridgehead atoms. The van der Waals surface area contributed by atoms with Gasteiger partial charge in [-0.15, -0.1) is 0 Å². The second-order valence-electron chi connectivity index (χ2n) is 4.30. The third-order valence-corrected chi connectivity index (χ3v) is 3.09. The highest BCUT2D eigenvalue weighted by Gasteiger charge is 2.84. The average Bonchev–Trinajstić information content (AvgIpc) is 2.31. The van der Waals surface area contributed by atoms with Gasteiger partial charge >= 0.3 is 52.0 Å². The standard InChI is InChI=1S/C7F16O4S/c8-1(2(9,10)11,4(15,16)27-5(17,18)3(12,13)14)26-6(19,20)7(21,22)28(23,24)25. The van der Waals surface area contributed by atoms with Crippen LogP contribution in [0.1, 0.15) is 0 Å². The van der Waals surface area contributed by atoms with Crippen LogP contribution in [0.5, 0.6) is 0 Å². The lowest BCUT2D eigenvalue weighted by Crippen LogP contribution is -2.65. The molecule has 0 saturated carbocycles. The van der Waals surface area contributed by atoms with E-state index in [0.717, 1.165) is 0 Å². The molecule has 0 rings (SSSR count). The van der Waals surface area contributed by atoms with Gasteiger partial charge in [-0.05, 0) is 0 Å². The number of hydrogen-bond donors (Lipinski definition) is 0. The first-order valence-electron chi connectivity index (χ1n) is 5.34. The summed E-state index contributed by atoms with van der Waals surface area (Å²) in [6.45, 7) is 0. The fraction of sp³-hybridized carbons (Fsp3) is 1.00. The first kappa shape index (κ1) is 26.8. The van der Waals surface area contributed by atoms with E-state index in [2.05, 4.69) is 0 Å². The number of hydrogen-bond acceptors (Lipinski definition) is 4. The summed E-state index contributed by atoms with van der Waals surface area (Å²) in [5.74, 6) is -7.98. The van der Waals surface area contributed by atoms with Crippen LogP contribution in [0.4, 0.5) is 69.7 Å². The van der Waals surface area contributed by atoms with E-state index in [0.29, 0.717) is 0 Å². The highest BCUT2D eigenvalue weighted by Crippen LogP contribution is 2.55. The molecule has 0 aromatic heterocycles. The molecule has 0 fully saturated rings. The van der Waals surface area contributed by atoms with Crippen molar-refractivity contribution in [2.75, 3.05) is 0 Å². The summed E-state index contributed by atoms with van der Waals surface area (Å²) in [5.41, 5.74) is 0. The Kier molecular flexibility index (Phi) is 6.34. The molecule has 28 heavy (non-hydrogen) atoms. The Hall–Kier alpha value is -1.25. The fourth-order valence-electron chi connectivity index (χ4n) is 0.945. The van der Waals surface area contributed by atoms with Crippen LogP contribution in [0.3, 0.4) is 0 Å². The summed E-state index contributed by atoms with van der Waals surface area (Å²) in [6, 6.07) is 0. The summed E-state index contributed by atoms with van der Waals surface area (Å²) in [5, 5.41) is -7.55. The highest BCUT2D eigenvalue weighted by molar-refractivity contribution is 7.87. The zero-order chi connectivity index (χ0) is 23.4. The van der Waals surface area contributed by atoms with Gasteiger partial charge < -0.3 is 0 Å². The number of rotatable bonds is 7. The van der Waals surface area contributed by atoms with Crippen LogP contribution in [-0.4, -0.2) is 50.2 Å². The normalized spacial score (nSPS) is 18.1. The van der Waals surface area contributed by atoms with Gasteiger partial charge in [0.15, 0.2) is 0 Å². The second-order valence-corrected chi connectivity index (χ2v) is 5.69. The third-order valence-electron chi connectivity index (χ3n) is 2.24. The molecule has 0 aliphatic carbocycles. The molecule has 1 atom stereocenters. The molecule has 0 N–H and O–H groups in total. The van der Waals surface area contributed by atoms with Crippen molar-refractivity contribution >= 4 is 10.2 Å². The van der Waals surface area contributed by atoms with Crippen LogP contribution in [0, 0.1) is 0 Å². The highest BCUT2D eigenvalue weighted by atomic mass is 32.3. The summed E-state index contributed by atoms with van der Waals surface area (Å²) >= 11 is 0. The Bertz CT molecular complexity index is 676. The zero-order valence-electron chi connectivity index (χ0n) is 11.6. The van der Waals surface area contributed by atoms with E-state index in [-0.39, 0.29) is 0 Å². The Labute approximate surface area is 141 Å². The average molecular weight is 484 g/mol. The SMILES string of the molecule is O=S(=O)(F)C(F)(F)C(F)(F)OC(F)(C(F)(F)F)C(F)(F)OC(F)(F)C(F)(F)F. The van der Waals surface area contributed by atoms with Gasteiger partial charge in [-0.2, -0.15) is 74.3 Å². The van der Waals surface area contributed by atoms with Gasteiger partial charge in [0.2, 0.25) is 0 Å². The zero-order valence-corrected chi connectivity index (χ0v) is 12.4. The lowest BCUT2D eigenvalue weighted by molar-refractivity contribution is -0.551. The van der Waals surface area contributed by atoms with Crippen molar-refractivity contribution in [1.82, 2.24) is 0 Å². The Morgan fingerprint density at radius 3 is 1.11 bits per heavy atom. The molecule has 0 saturated heterocycles. The number of alkyl halides is 15. The van der Waals surface area contributed by atoms with Crippen LogP contribution in [0.2, 0.25) is 0 Å². The molecule has 21 heteroatoms. The van der Waals surface area contributed by atoms with Crippen LogP contribution < -0.4 is 0 Å². The Balaban J connectivity index is 6.45. The van der Waals surface area contributed by atoms with E-state index in [4.69, 9.17) is 0 Å². The molecule has 0 aliphatic heterocycles. The molecule has 0 radical (unpaired) electrons. The molecule has 0 heterocycles. The molecule has 0 spiro atoms. The van der Waals surface area contributed by atoms with E-state index in [9.17, 15) is 78.2 Å². The van der Waals surface area contributed by atoms with Gasteiger partial charge in [-0.1, -0.05) is 3.89 Å². The van der Waals surface area contributed by atoms with Crippen molar-refractivity contribution in [3.05, 3.63) is 0 Å². The van der Waals surface area contributed by atoms with E-state index < -0.39 is 52.0 Å². The Morgan fingerprint density at radius 2 is 0.857 bits per heavy atom. The van der Waals surface area contributed by atoms with E-state index in [1.165, 1.54) is 9.47 Å². The first-order chi connectivity index (χ1) is 11.7. The van der Waals surface area contributed by atoms with E-state index in [1.807, 2.05) is 0 Å². The minimum atomic E-state index is -8.04. The molecule has 0 amide bonds. The van der Waals surface area contributed by atoms with Gasteiger partial charge in [-0.25, -0.2) is 4.74 Å². The molecule has 0 aliphatic rings. The van der Waals surface area contributed by atoms with Crippen LogP contribution in [-0.2, 0) is 19.7 Å². The minimum absolute atomic E-state index is 1.19. The van der Waals surface area contributed by atoms with Crippen LogP contribution in [0.25, 0.3) is 0 Å². The van der Waals surface area contributed by atoms with Crippen LogP contribution in [0.15, 0.2) is 0 Å². The van der Waals surface area contributed by atoms with Crippen molar-refractivity contribution in [3.8, 4) is 0 Å². The first-order valence-corrected chi connectivity index (χ1v) is 6.73. The van der Waals surface area contributed by atoms with E-state index >= 15 is 0 Å². The van der Waals surface area contributed by atoms with Crippen LogP contribution >= 0.6 is 0 Å². The van der Waals surface area contributed by atoms with E-state index in [1.54, 1.807) is 0 Å². The molecule has 1 unspecified atom stereocenters. The molecule has 4 nitrogen and oxygen atoms in total. The maximum absolute atomic E-state index is 13.4. The van der Waals surface area contributed by atoms with Gasteiger partial charge in [0.1, 0.15) is 0 Å².